The fourth-order valence-corrected chi connectivity index (χ4v) is 2.89. The van der Waals surface area contributed by atoms with Gasteiger partial charge in [0.15, 0.2) is 0 Å². The number of rotatable bonds is 10. The van der Waals surface area contributed by atoms with Gasteiger partial charge in [-0.25, -0.2) is 0 Å². The third kappa shape index (κ3) is 8.97. The van der Waals surface area contributed by atoms with Crippen LogP contribution in [0, 0.1) is 5.92 Å². The van der Waals surface area contributed by atoms with Crippen LogP contribution < -0.4 is 5.32 Å². The molecule has 0 aromatic carbocycles. The van der Waals surface area contributed by atoms with Crippen molar-refractivity contribution in [2.45, 2.75) is 98.7 Å². The van der Waals surface area contributed by atoms with Crippen LogP contribution in [0.1, 0.15) is 81.1 Å². The van der Waals surface area contributed by atoms with Gasteiger partial charge in [0.2, 0.25) is 0 Å². The van der Waals surface area contributed by atoms with E-state index in [4.69, 9.17) is 0 Å². The molecule has 0 aromatic rings. The average molecular weight is 285 g/mol. The van der Waals surface area contributed by atoms with Crippen LogP contribution in [0.2, 0.25) is 0 Å². The van der Waals surface area contributed by atoms with E-state index < -0.39 is 0 Å². The molecule has 0 aliphatic carbocycles. The molecule has 0 saturated heterocycles. The van der Waals surface area contributed by atoms with Crippen molar-refractivity contribution in [3.63, 3.8) is 0 Å². The van der Waals surface area contributed by atoms with E-state index >= 15 is 0 Å². The summed E-state index contributed by atoms with van der Waals surface area (Å²) in [6, 6.07) is 1.45. The Morgan fingerprint density at radius 2 is 1.55 bits per heavy atom. The van der Waals surface area contributed by atoms with Crippen LogP contribution in [0.4, 0.5) is 0 Å². The van der Waals surface area contributed by atoms with Crippen LogP contribution in [0.25, 0.3) is 0 Å². The summed E-state index contributed by atoms with van der Waals surface area (Å²) in [6.07, 6.45) is 5.11. The zero-order valence-corrected chi connectivity index (χ0v) is 15.4. The molecule has 0 heterocycles. The molecular formula is C18H40N2. The molecular weight excluding hydrogens is 244 g/mol. The van der Waals surface area contributed by atoms with E-state index in [0.717, 1.165) is 18.5 Å². The van der Waals surface area contributed by atoms with Crippen LogP contribution >= 0.6 is 0 Å². The van der Waals surface area contributed by atoms with Crippen molar-refractivity contribution >= 4 is 0 Å². The molecule has 1 unspecified atom stereocenters. The number of hydrogen-bond donors (Lipinski definition) is 1. The minimum absolute atomic E-state index is 0.246. The summed E-state index contributed by atoms with van der Waals surface area (Å²) >= 11 is 0. The van der Waals surface area contributed by atoms with Crippen LogP contribution in [0.5, 0.6) is 0 Å². The molecule has 2 nitrogen and oxygen atoms in total. The van der Waals surface area contributed by atoms with Crippen molar-refractivity contribution < 1.29 is 0 Å². The smallest absolute Gasteiger partial charge is 0.00965 e. The number of nitrogens with zero attached hydrogens (tertiary/aromatic N) is 1. The maximum absolute atomic E-state index is 3.60. The highest BCUT2D eigenvalue weighted by Gasteiger charge is 2.21. The van der Waals surface area contributed by atoms with Crippen LogP contribution in [0.15, 0.2) is 0 Å². The Labute approximate surface area is 128 Å². The second-order valence-corrected chi connectivity index (χ2v) is 7.73. The number of nitrogens with one attached hydrogen (secondary N) is 1. The fourth-order valence-electron chi connectivity index (χ4n) is 2.89. The Kier molecular flexibility index (Phi) is 9.74. The van der Waals surface area contributed by atoms with E-state index in [2.05, 4.69) is 65.6 Å². The molecule has 2 heteroatoms. The lowest BCUT2D eigenvalue weighted by atomic mass is 10.0. The minimum Gasteiger partial charge on any atom is -0.312 e. The summed E-state index contributed by atoms with van der Waals surface area (Å²) in [4.78, 5) is 2.75. The van der Waals surface area contributed by atoms with E-state index in [1.54, 1.807) is 0 Å². The van der Waals surface area contributed by atoms with Gasteiger partial charge in [0.25, 0.3) is 0 Å². The molecule has 1 atom stereocenters. The molecule has 0 radical (unpaired) electrons. The molecule has 0 fully saturated rings. The normalized spacial score (nSPS) is 14.6. The van der Waals surface area contributed by atoms with Gasteiger partial charge in [-0.15, -0.1) is 0 Å². The largest absolute Gasteiger partial charge is 0.312 e. The average Bonchev–Trinajstić information content (AvgIpc) is 2.33. The molecule has 1 N–H and O–H groups in total. The van der Waals surface area contributed by atoms with Gasteiger partial charge in [-0.1, -0.05) is 27.7 Å². The summed E-state index contributed by atoms with van der Waals surface area (Å²) < 4.78 is 0. The highest BCUT2D eigenvalue weighted by molar-refractivity contribution is 4.77. The van der Waals surface area contributed by atoms with Crippen LogP contribution in [0.3, 0.4) is 0 Å². The van der Waals surface area contributed by atoms with Gasteiger partial charge in [0.1, 0.15) is 0 Å². The molecule has 0 amide bonds. The van der Waals surface area contributed by atoms with Gasteiger partial charge in [0, 0.05) is 24.2 Å². The molecule has 0 saturated carbocycles. The second-order valence-electron chi connectivity index (χ2n) is 7.73. The third-order valence-corrected chi connectivity index (χ3v) is 4.01. The summed E-state index contributed by atoms with van der Waals surface area (Å²) in [5.74, 6) is 0.755. The molecule has 0 bridgehead atoms. The lowest BCUT2D eigenvalue weighted by molar-refractivity contribution is 0.111. The Bertz CT molecular complexity index is 226. The minimum atomic E-state index is 0.246. The number of hydrogen-bond acceptors (Lipinski definition) is 2. The first-order valence-electron chi connectivity index (χ1n) is 8.72. The molecule has 0 rings (SSSR count). The maximum Gasteiger partial charge on any atom is 0.00965 e. The van der Waals surface area contributed by atoms with Crippen molar-refractivity contribution in [2.24, 2.45) is 5.92 Å². The van der Waals surface area contributed by atoms with E-state index in [1.165, 1.54) is 32.2 Å². The van der Waals surface area contributed by atoms with Gasteiger partial charge >= 0.3 is 0 Å². The van der Waals surface area contributed by atoms with Crippen molar-refractivity contribution in [3.8, 4) is 0 Å². The van der Waals surface area contributed by atoms with Crippen molar-refractivity contribution in [3.05, 3.63) is 0 Å². The lowest BCUT2D eigenvalue weighted by Gasteiger charge is -2.37. The molecule has 122 valence electrons. The predicted octanol–water partition coefficient (Wildman–Crippen LogP) is 4.69. The summed E-state index contributed by atoms with van der Waals surface area (Å²) in [7, 11) is 0. The standard InChI is InChI=1S/C18H40N2/c1-9-17(10-2)20(14-15(3)4)16(5)12-11-13-19-18(6,7)8/h15-17,19H,9-14H2,1-8H3. The first kappa shape index (κ1) is 19.9. The van der Waals surface area contributed by atoms with E-state index in [0.29, 0.717) is 6.04 Å². The highest BCUT2D eigenvalue weighted by atomic mass is 15.2. The van der Waals surface area contributed by atoms with Crippen LogP contribution in [-0.4, -0.2) is 35.6 Å². The fraction of sp³-hybridized carbons (Fsp3) is 1.00. The Hall–Kier alpha value is -0.0800. The zero-order chi connectivity index (χ0) is 15.8. The van der Waals surface area contributed by atoms with Gasteiger partial charge < -0.3 is 5.32 Å². The zero-order valence-electron chi connectivity index (χ0n) is 15.4. The Morgan fingerprint density at radius 3 is 1.95 bits per heavy atom. The lowest BCUT2D eigenvalue weighted by Crippen LogP contribution is -2.44. The van der Waals surface area contributed by atoms with E-state index in [1.807, 2.05) is 0 Å². The quantitative estimate of drug-likeness (QED) is 0.585. The van der Waals surface area contributed by atoms with Gasteiger partial charge in [0.05, 0.1) is 0 Å². The molecule has 0 spiro atoms. The first-order valence-corrected chi connectivity index (χ1v) is 8.72. The summed E-state index contributed by atoms with van der Waals surface area (Å²) in [5.41, 5.74) is 0.246. The van der Waals surface area contributed by atoms with E-state index in [-0.39, 0.29) is 5.54 Å². The Balaban J connectivity index is 4.29. The first-order chi connectivity index (χ1) is 9.21. The summed E-state index contributed by atoms with van der Waals surface area (Å²) in [6.45, 7) is 20.8. The van der Waals surface area contributed by atoms with Crippen LogP contribution in [-0.2, 0) is 0 Å². The maximum atomic E-state index is 3.60. The van der Waals surface area contributed by atoms with Crippen molar-refractivity contribution in [1.82, 2.24) is 10.2 Å². The van der Waals surface area contributed by atoms with Gasteiger partial charge in [-0.3, -0.25) is 4.90 Å². The molecule has 0 aliphatic heterocycles. The van der Waals surface area contributed by atoms with Gasteiger partial charge in [-0.2, -0.15) is 0 Å². The molecule has 0 aliphatic rings. The SMILES string of the molecule is CCC(CC)N(CC(C)C)C(C)CCCNC(C)(C)C. The van der Waals surface area contributed by atoms with Crippen molar-refractivity contribution in [1.29, 1.82) is 0 Å². The van der Waals surface area contributed by atoms with Gasteiger partial charge in [-0.05, 0) is 65.8 Å². The van der Waals surface area contributed by atoms with E-state index in [9.17, 15) is 0 Å². The van der Waals surface area contributed by atoms with Crippen molar-refractivity contribution in [2.75, 3.05) is 13.1 Å². The second kappa shape index (κ2) is 9.78. The Morgan fingerprint density at radius 1 is 1.00 bits per heavy atom. The predicted molar refractivity (Wildman–Crippen MR) is 92.4 cm³/mol. The monoisotopic (exact) mass is 284 g/mol. The molecule has 0 aromatic heterocycles. The topological polar surface area (TPSA) is 15.3 Å². The summed E-state index contributed by atoms with van der Waals surface area (Å²) in [5, 5.41) is 3.60. The highest BCUT2D eigenvalue weighted by Crippen LogP contribution is 2.18. The molecule has 20 heavy (non-hydrogen) atoms. The third-order valence-electron chi connectivity index (χ3n) is 4.01.